The van der Waals surface area contributed by atoms with Crippen LogP contribution in [0.4, 0.5) is 0 Å². The van der Waals surface area contributed by atoms with E-state index in [1.807, 2.05) is 12.4 Å². The lowest BCUT2D eigenvalue weighted by atomic mass is 10.0. The second-order valence-corrected chi connectivity index (χ2v) is 7.08. The third-order valence-electron chi connectivity index (χ3n) is 5.21. The summed E-state index contributed by atoms with van der Waals surface area (Å²) in [5, 5.41) is 3.53. The SMILES string of the molecule is Cc1ccccc1CCCN(Cc1cncnc1)C1CCCNCC1. The average molecular weight is 338 g/mol. The molecule has 1 atom stereocenters. The van der Waals surface area contributed by atoms with Crippen molar-refractivity contribution in [3.8, 4) is 0 Å². The lowest BCUT2D eigenvalue weighted by Crippen LogP contribution is -2.36. The van der Waals surface area contributed by atoms with E-state index in [0.717, 1.165) is 32.6 Å². The van der Waals surface area contributed by atoms with Crippen LogP contribution in [-0.4, -0.2) is 40.5 Å². The fraction of sp³-hybridized carbons (Fsp3) is 0.524. The summed E-state index contributed by atoms with van der Waals surface area (Å²) in [5.74, 6) is 0. The maximum atomic E-state index is 4.19. The zero-order chi connectivity index (χ0) is 17.3. The van der Waals surface area contributed by atoms with E-state index in [0.29, 0.717) is 6.04 Å². The lowest BCUT2D eigenvalue weighted by molar-refractivity contribution is 0.170. The van der Waals surface area contributed by atoms with E-state index in [1.165, 1.54) is 42.4 Å². The monoisotopic (exact) mass is 338 g/mol. The van der Waals surface area contributed by atoms with Crippen molar-refractivity contribution < 1.29 is 0 Å². The van der Waals surface area contributed by atoms with Gasteiger partial charge in [-0.2, -0.15) is 0 Å². The van der Waals surface area contributed by atoms with E-state index < -0.39 is 0 Å². The summed E-state index contributed by atoms with van der Waals surface area (Å²) in [7, 11) is 0. The van der Waals surface area contributed by atoms with Crippen LogP contribution in [0, 0.1) is 6.92 Å². The molecular formula is C21H30N4. The Morgan fingerprint density at radius 2 is 1.96 bits per heavy atom. The first-order valence-electron chi connectivity index (χ1n) is 9.56. The third-order valence-corrected chi connectivity index (χ3v) is 5.21. The normalized spacial score (nSPS) is 18.2. The van der Waals surface area contributed by atoms with Crippen LogP contribution in [0.2, 0.25) is 0 Å². The number of aromatic nitrogens is 2. The summed E-state index contributed by atoms with van der Waals surface area (Å²) in [6.07, 6.45) is 11.7. The molecule has 3 rings (SSSR count). The van der Waals surface area contributed by atoms with E-state index in [4.69, 9.17) is 0 Å². The molecule has 0 radical (unpaired) electrons. The molecule has 134 valence electrons. The third kappa shape index (κ3) is 5.62. The molecule has 4 nitrogen and oxygen atoms in total. The molecule has 1 unspecified atom stereocenters. The number of hydrogen-bond acceptors (Lipinski definition) is 4. The van der Waals surface area contributed by atoms with Gasteiger partial charge in [0.1, 0.15) is 6.33 Å². The maximum absolute atomic E-state index is 4.19. The largest absolute Gasteiger partial charge is 0.317 e. The molecule has 2 heterocycles. The molecule has 0 saturated carbocycles. The Hall–Kier alpha value is -1.78. The van der Waals surface area contributed by atoms with Crippen LogP contribution in [0.15, 0.2) is 43.0 Å². The molecule has 0 bridgehead atoms. The van der Waals surface area contributed by atoms with Crippen molar-refractivity contribution in [2.24, 2.45) is 0 Å². The highest BCUT2D eigenvalue weighted by Gasteiger charge is 2.20. The molecule has 1 aromatic heterocycles. The Balaban J connectivity index is 1.62. The summed E-state index contributed by atoms with van der Waals surface area (Å²) in [5.41, 5.74) is 4.10. The Morgan fingerprint density at radius 1 is 1.12 bits per heavy atom. The van der Waals surface area contributed by atoms with E-state index in [2.05, 4.69) is 51.4 Å². The summed E-state index contributed by atoms with van der Waals surface area (Å²) in [4.78, 5) is 11.0. The Kier molecular flexibility index (Phi) is 6.95. The minimum atomic E-state index is 0.659. The number of hydrogen-bond donors (Lipinski definition) is 1. The lowest BCUT2D eigenvalue weighted by Gasteiger charge is -2.31. The minimum absolute atomic E-state index is 0.659. The molecule has 0 aliphatic carbocycles. The standard InChI is InChI=1S/C21H30N4/c1-18-6-2-3-7-20(18)8-5-13-25(16-19-14-23-17-24-15-19)21-9-4-11-22-12-10-21/h2-3,6-7,14-15,17,21-22H,4-5,8-13,16H2,1H3. The number of aryl methyl sites for hydroxylation is 2. The fourth-order valence-corrected chi connectivity index (χ4v) is 3.77. The minimum Gasteiger partial charge on any atom is -0.317 e. The van der Waals surface area contributed by atoms with Crippen molar-refractivity contribution in [3.63, 3.8) is 0 Å². The van der Waals surface area contributed by atoms with Crippen LogP contribution in [0.5, 0.6) is 0 Å². The zero-order valence-corrected chi connectivity index (χ0v) is 15.3. The van der Waals surface area contributed by atoms with Crippen molar-refractivity contribution in [2.75, 3.05) is 19.6 Å². The van der Waals surface area contributed by atoms with Gasteiger partial charge >= 0.3 is 0 Å². The molecule has 1 aliphatic rings. The predicted octanol–water partition coefficient (Wildman–Crippen LogP) is 3.36. The highest BCUT2D eigenvalue weighted by atomic mass is 15.2. The topological polar surface area (TPSA) is 41.1 Å². The van der Waals surface area contributed by atoms with Gasteiger partial charge in [-0.3, -0.25) is 4.90 Å². The fourth-order valence-electron chi connectivity index (χ4n) is 3.77. The molecule has 25 heavy (non-hydrogen) atoms. The zero-order valence-electron chi connectivity index (χ0n) is 15.3. The smallest absolute Gasteiger partial charge is 0.115 e. The van der Waals surface area contributed by atoms with Crippen LogP contribution in [-0.2, 0) is 13.0 Å². The van der Waals surface area contributed by atoms with Gasteiger partial charge in [0.05, 0.1) is 0 Å². The van der Waals surface area contributed by atoms with E-state index in [1.54, 1.807) is 6.33 Å². The van der Waals surface area contributed by atoms with Gasteiger partial charge in [-0.05, 0) is 69.8 Å². The molecule has 1 aliphatic heterocycles. The van der Waals surface area contributed by atoms with Gasteiger partial charge in [0.25, 0.3) is 0 Å². The van der Waals surface area contributed by atoms with Crippen LogP contribution >= 0.6 is 0 Å². The molecular weight excluding hydrogens is 308 g/mol. The van der Waals surface area contributed by atoms with Crippen LogP contribution in [0.25, 0.3) is 0 Å². The number of rotatable bonds is 7. The van der Waals surface area contributed by atoms with Gasteiger partial charge in [0.2, 0.25) is 0 Å². The van der Waals surface area contributed by atoms with Crippen LogP contribution in [0.3, 0.4) is 0 Å². The number of nitrogens with zero attached hydrogens (tertiary/aromatic N) is 3. The summed E-state index contributed by atoms with van der Waals surface area (Å²) in [6, 6.07) is 9.41. The van der Waals surface area contributed by atoms with Gasteiger partial charge in [0.15, 0.2) is 0 Å². The van der Waals surface area contributed by atoms with Gasteiger partial charge in [-0.25, -0.2) is 9.97 Å². The van der Waals surface area contributed by atoms with Crippen LogP contribution in [0.1, 0.15) is 42.4 Å². The Bertz CT molecular complexity index is 621. The summed E-state index contributed by atoms with van der Waals surface area (Å²) >= 11 is 0. The molecule has 2 aromatic rings. The molecule has 4 heteroatoms. The summed E-state index contributed by atoms with van der Waals surface area (Å²) in [6.45, 7) is 6.59. The van der Waals surface area contributed by atoms with Crippen molar-refractivity contribution in [2.45, 2.75) is 51.6 Å². The number of nitrogens with one attached hydrogen (secondary N) is 1. The summed E-state index contributed by atoms with van der Waals surface area (Å²) < 4.78 is 0. The van der Waals surface area contributed by atoms with Crippen molar-refractivity contribution in [1.82, 2.24) is 20.2 Å². The highest BCUT2D eigenvalue weighted by Crippen LogP contribution is 2.18. The van der Waals surface area contributed by atoms with Gasteiger partial charge in [-0.15, -0.1) is 0 Å². The predicted molar refractivity (Wildman–Crippen MR) is 102 cm³/mol. The number of benzene rings is 1. The first kappa shape index (κ1) is 18.0. The first-order valence-corrected chi connectivity index (χ1v) is 9.56. The van der Waals surface area contributed by atoms with Gasteiger partial charge in [-0.1, -0.05) is 24.3 Å². The highest BCUT2D eigenvalue weighted by molar-refractivity contribution is 5.25. The molecule has 0 amide bonds. The van der Waals surface area contributed by atoms with Gasteiger partial charge < -0.3 is 5.32 Å². The van der Waals surface area contributed by atoms with Crippen molar-refractivity contribution >= 4 is 0 Å². The molecule has 0 spiro atoms. The molecule has 1 aromatic carbocycles. The second-order valence-electron chi connectivity index (χ2n) is 7.08. The Morgan fingerprint density at radius 3 is 2.80 bits per heavy atom. The second kappa shape index (κ2) is 9.64. The molecule has 1 N–H and O–H groups in total. The first-order chi connectivity index (χ1) is 12.3. The maximum Gasteiger partial charge on any atom is 0.115 e. The molecule has 1 saturated heterocycles. The van der Waals surface area contributed by atoms with Crippen molar-refractivity contribution in [1.29, 1.82) is 0 Å². The van der Waals surface area contributed by atoms with E-state index >= 15 is 0 Å². The van der Waals surface area contributed by atoms with Crippen molar-refractivity contribution in [3.05, 3.63) is 59.7 Å². The van der Waals surface area contributed by atoms with Gasteiger partial charge in [0, 0.05) is 30.5 Å². The van der Waals surface area contributed by atoms with E-state index in [9.17, 15) is 0 Å². The van der Waals surface area contributed by atoms with Crippen LogP contribution < -0.4 is 5.32 Å². The van der Waals surface area contributed by atoms with E-state index in [-0.39, 0.29) is 0 Å². The molecule has 1 fully saturated rings. The Labute approximate surface area is 151 Å². The quantitative estimate of drug-likeness (QED) is 0.840. The average Bonchev–Trinajstić information content (AvgIpc) is 2.93.